The number of aromatic nitrogens is 1. The SMILES string of the molecule is CCOC(O)c1cc[nH]c1. The van der Waals surface area contributed by atoms with Crippen LogP contribution in [0.4, 0.5) is 0 Å². The van der Waals surface area contributed by atoms with E-state index in [2.05, 4.69) is 4.98 Å². The first kappa shape index (κ1) is 7.31. The lowest BCUT2D eigenvalue weighted by molar-refractivity contribution is -0.0978. The van der Waals surface area contributed by atoms with Crippen LogP contribution in [0.25, 0.3) is 0 Å². The van der Waals surface area contributed by atoms with Crippen molar-refractivity contribution >= 4 is 0 Å². The quantitative estimate of drug-likeness (QED) is 0.618. The van der Waals surface area contributed by atoms with E-state index < -0.39 is 6.29 Å². The Kier molecular flexibility index (Phi) is 2.48. The van der Waals surface area contributed by atoms with Gasteiger partial charge < -0.3 is 14.8 Å². The molecule has 3 heteroatoms. The van der Waals surface area contributed by atoms with Crippen LogP contribution in [-0.2, 0) is 4.74 Å². The van der Waals surface area contributed by atoms with Gasteiger partial charge >= 0.3 is 0 Å². The zero-order valence-corrected chi connectivity index (χ0v) is 5.87. The maximum Gasteiger partial charge on any atom is 0.182 e. The van der Waals surface area contributed by atoms with Gasteiger partial charge in [0.15, 0.2) is 6.29 Å². The van der Waals surface area contributed by atoms with Gasteiger partial charge in [0.2, 0.25) is 0 Å². The lowest BCUT2D eigenvalue weighted by Crippen LogP contribution is -2.00. The minimum Gasteiger partial charge on any atom is -0.367 e. The molecule has 0 saturated heterocycles. The Morgan fingerprint density at radius 2 is 2.60 bits per heavy atom. The van der Waals surface area contributed by atoms with Crippen molar-refractivity contribution in [2.24, 2.45) is 0 Å². The fraction of sp³-hybridized carbons (Fsp3) is 0.429. The first-order chi connectivity index (χ1) is 4.84. The van der Waals surface area contributed by atoms with Crippen molar-refractivity contribution in [2.75, 3.05) is 6.61 Å². The summed E-state index contributed by atoms with van der Waals surface area (Å²) in [7, 11) is 0. The highest BCUT2D eigenvalue weighted by Crippen LogP contribution is 2.11. The van der Waals surface area contributed by atoms with Crippen molar-refractivity contribution < 1.29 is 9.84 Å². The van der Waals surface area contributed by atoms with Gasteiger partial charge in [-0.05, 0) is 13.0 Å². The maximum atomic E-state index is 9.17. The van der Waals surface area contributed by atoms with E-state index in [1.807, 2.05) is 6.92 Å². The second kappa shape index (κ2) is 3.39. The zero-order valence-electron chi connectivity index (χ0n) is 5.87. The molecule has 0 radical (unpaired) electrons. The van der Waals surface area contributed by atoms with Crippen molar-refractivity contribution in [3.05, 3.63) is 24.0 Å². The summed E-state index contributed by atoms with van der Waals surface area (Å²) >= 11 is 0. The number of rotatable bonds is 3. The summed E-state index contributed by atoms with van der Waals surface area (Å²) in [5.74, 6) is 0. The smallest absolute Gasteiger partial charge is 0.182 e. The van der Waals surface area contributed by atoms with E-state index in [1.54, 1.807) is 18.5 Å². The van der Waals surface area contributed by atoms with Gasteiger partial charge in [-0.2, -0.15) is 0 Å². The molecule has 0 aromatic carbocycles. The van der Waals surface area contributed by atoms with E-state index in [-0.39, 0.29) is 0 Å². The van der Waals surface area contributed by atoms with Gasteiger partial charge in [0.25, 0.3) is 0 Å². The highest BCUT2D eigenvalue weighted by molar-refractivity contribution is 5.09. The number of aliphatic hydroxyl groups is 1. The third-order valence-corrected chi connectivity index (χ3v) is 1.23. The van der Waals surface area contributed by atoms with Crippen LogP contribution in [0.3, 0.4) is 0 Å². The van der Waals surface area contributed by atoms with Crippen LogP contribution in [0.2, 0.25) is 0 Å². The number of hydrogen-bond acceptors (Lipinski definition) is 2. The molecule has 0 fully saturated rings. The summed E-state index contributed by atoms with van der Waals surface area (Å²) in [5, 5.41) is 9.17. The third kappa shape index (κ3) is 1.59. The van der Waals surface area contributed by atoms with Crippen molar-refractivity contribution in [2.45, 2.75) is 13.2 Å². The number of nitrogens with one attached hydrogen (secondary N) is 1. The Morgan fingerprint density at radius 3 is 3.10 bits per heavy atom. The fourth-order valence-electron chi connectivity index (χ4n) is 0.744. The molecule has 0 amide bonds. The van der Waals surface area contributed by atoms with E-state index in [4.69, 9.17) is 9.84 Å². The molecule has 0 aliphatic heterocycles. The normalized spacial score (nSPS) is 13.4. The molecule has 0 aliphatic rings. The monoisotopic (exact) mass is 141 g/mol. The maximum absolute atomic E-state index is 9.17. The largest absolute Gasteiger partial charge is 0.367 e. The molecule has 0 bridgehead atoms. The van der Waals surface area contributed by atoms with Crippen LogP contribution in [0.1, 0.15) is 18.8 Å². The molecule has 1 aromatic heterocycles. The Hall–Kier alpha value is -0.800. The predicted octanol–water partition coefficient (Wildman–Crippen LogP) is 1.04. The van der Waals surface area contributed by atoms with Gasteiger partial charge in [-0.3, -0.25) is 0 Å². The van der Waals surface area contributed by atoms with Gasteiger partial charge in [-0.15, -0.1) is 0 Å². The van der Waals surface area contributed by atoms with Crippen molar-refractivity contribution in [1.29, 1.82) is 0 Å². The number of hydrogen-bond donors (Lipinski definition) is 2. The average Bonchev–Trinajstić information content (AvgIpc) is 2.38. The molecule has 1 aromatic rings. The molecule has 1 rings (SSSR count). The van der Waals surface area contributed by atoms with Crippen molar-refractivity contribution in [3.63, 3.8) is 0 Å². The number of H-pyrrole nitrogens is 1. The molecule has 0 saturated carbocycles. The lowest BCUT2D eigenvalue weighted by atomic mass is 10.3. The average molecular weight is 141 g/mol. The standard InChI is InChI=1S/C7H11NO2/c1-2-10-7(9)6-3-4-8-5-6/h3-5,7-9H,2H2,1H3. The van der Waals surface area contributed by atoms with Gasteiger partial charge in [0, 0.05) is 24.6 Å². The van der Waals surface area contributed by atoms with E-state index in [9.17, 15) is 0 Å². The third-order valence-electron chi connectivity index (χ3n) is 1.23. The molecule has 56 valence electrons. The van der Waals surface area contributed by atoms with E-state index in [1.165, 1.54) is 0 Å². The summed E-state index contributed by atoms with van der Waals surface area (Å²) in [6, 6.07) is 1.78. The Morgan fingerprint density at radius 1 is 1.80 bits per heavy atom. The Balaban J connectivity index is 2.50. The summed E-state index contributed by atoms with van der Waals surface area (Å²) in [6.45, 7) is 2.36. The molecule has 1 atom stereocenters. The summed E-state index contributed by atoms with van der Waals surface area (Å²) < 4.78 is 4.92. The van der Waals surface area contributed by atoms with Gasteiger partial charge in [-0.1, -0.05) is 0 Å². The second-order valence-electron chi connectivity index (χ2n) is 1.95. The Bertz CT molecular complexity index is 172. The Labute approximate surface area is 59.6 Å². The number of ether oxygens (including phenoxy) is 1. The summed E-state index contributed by atoms with van der Waals surface area (Å²) in [4.78, 5) is 2.83. The zero-order chi connectivity index (χ0) is 7.40. The minimum atomic E-state index is -0.781. The van der Waals surface area contributed by atoms with Crippen molar-refractivity contribution in [3.8, 4) is 0 Å². The topological polar surface area (TPSA) is 45.2 Å². The first-order valence-electron chi connectivity index (χ1n) is 3.27. The molecular weight excluding hydrogens is 130 g/mol. The van der Waals surface area contributed by atoms with E-state index >= 15 is 0 Å². The summed E-state index contributed by atoms with van der Waals surface area (Å²) in [6.07, 6.45) is 2.68. The molecule has 0 aliphatic carbocycles. The molecule has 1 unspecified atom stereocenters. The van der Waals surface area contributed by atoms with Crippen LogP contribution in [0.15, 0.2) is 18.5 Å². The highest BCUT2D eigenvalue weighted by atomic mass is 16.6. The van der Waals surface area contributed by atoms with Gasteiger partial charge in [0.05, 0.1) is 0 Å². The molecule has 10 heavy (non-hydrogen) atoms. The highest BCUT2D eigenvalue weighted by Gasteiger charge is 2.04. The van der Waals surface area contributed by atoms with Gasteiger partial charge in [-0.25, -0.2) is 0 Å². The van der Waals surface area contributed by atoms with Crippen LogP contribution < -0.4 is 0 Å². The first-order valence-corrected chi connectivity index (χ1v) is 3.27. The minimum absolute atomic E-state index is 0.520. The second-order valence-corrected chi connectivity index (χ2v) is 1.95. The molecule has 1 heterocycles. The lowest BCUT2D eigenvalue weighted by Gasteiger charge is -2.06. The predicted molar refractivity (Wildman–Crippen MR) is 37.4 cm³/mol. The molecule has 0 spiro atoms. The van der Waals surface area contributed by atoms with Crippen LogP contribution in [-0.4, -0.2) is 16.7 Å². The number of aromatic amines is 1. The van der Waals surface area contributed by atoms with E-state index in [0.717, 1.165) is 5.56 Å². The fourth-order valence-corrected chi connectivity index (χ4v) is 0.744. The van der Waals surface area contributed by atoms with Crippen molar-refractivity contribution in [1.82, 2.24) is 4.98 Å². The van der Waals surface area contributed by atoms with Crippen LogP contribution in [0, 0.1) is 0 Å². The van der Waals surface area contributed by atoms with Crippen LogP contribution in [0.5, 0.6) is 0 Å². The molecular formula is C7H11NO2. The van der Waals surface area contributed by atoms with Gasteiger partial charge in [0.1, 0.15) is 0 Å². The molecule has 3 nitrogen and oxygen atoms in total. The van der Waals surface area contributed by atoms with E-state index in [0.29, 0.717) is 6.61 Å². The molecule has 2 N–H and O–H groups in total. The number of aliphatic hydroxyl groups excluding tert-OH is 1. The van der Waals surface area contributed by atoms with Crippen LogP contribution >= 0.6 is 0 Å². The summed E-state index contributed by atoms with van der Waals surface area (Å²) in [5.41, 5.74) is 0.766.